The van der Waals surface area contributed by atoms with E-state index in [1.807, 2.05) is 30.0 Å². The van der Waals surface area contributed by atoms with Crippen molar-refractivity contribution in [2.75, 3.05) is 31.1 Å². The summed E-state index contributed by atoms with van der Waals surface area (Å²) in [7, 11) is 0. The molecule has 4 nitrogen and oxygen atoms in total. The molecule has 0 spiro atoms. The summed E-state index contributed by atoms with van der Waals surface area (Å²) < 4.78 is 1.19. The second kappa shape index (κ2) is 6.68. The van der Waals surface area contributed by atoms with Gasteiger partial charge in [0.25, 0.3) is 0 Å². The van der Waals surface area contributed by atoms with Gasteiger partial charge in [-0.3, -0.25) is 4.99 Å². The summed E-state index contributed by atoms with van der Waals surface area (Å²) in [5.74, 6) is 2.74. The fourth-order valence-electron chi connectivity index (χ4n) is 2.33. The summed E-state index contributed by atoms with van der Waals surface area (Å²) >= 11 is 3.56. The smallest absolute Gasteiger partial charge is 0.191 e. The molecule has 1 fully saturated rings. The van der Waals surface area contributed by atoms with Gasteiger partial charge in [0.2, 0.25) is 0 Å². The summed E-state index contributed by atoms with van der Waals surface area (Å²) in [5.41, 5.74) is 6.01. The average molecular weight is 321 g/mol. The molecular formula is C15H19N3OS2. The maximum atomic E-state index is 10.3. The summed E-state index contributed by atoms with van der Waals surface area (Å²) in [6.07, 6.45) is -0.583. The predicted molar refractivity (Wildman–Crippen MR) is 92.2 cm³/mol. The normalized spacial score (nSPS) is 18.1. The summed E-state index contributed by atoms with van der Waals surface area (Å²) in [6.45, 7) is 2.21. The van der Waals surface area contributed by atoms with Gasteiger partial charge in [-0.25, -0.2) is 0 Å². The largest absolute Gasteiger partial charge is 0.386 e. The lowest BCUT2D eigenvalue weighted by atomic mass is 10.2. The van der Waals surface area contributed by atoms with Crippen molar-refractivity contribution in [2.24, 2.45) is 10.7 Å². The molecule has 0 aliphatic carbocycles. The first-order chi connectivity index (χ1) is 10.2. The second-order valence-corrected chi connectivity index (χ2v) is 7.34. The SMILES string of the molecule is NC(=NCC(O)c1cc2ccccc2s1)N1CCSCC1. The molecule has 1 aromatic carbocycles. The van der Waals surface area contributed by atoms with E-state index in [-0.39, 0.29) is 0 Å². The zero-order valence-corrected chi connectivity index (χ0v) is 13.4. The minimum absolute atomic E-state index is 0.322. The van der Waals surface area contributed by atoms with E-state index >= 15 is 0 Å². The van der Waals surface area contributed by atoms with Crippen molar-refractivity contribution in [3.63, 3.8) is 0 Å². The maximum Gasteiger partial charge on any atom is 0.191 e. The van der Waals surface area contributed by atoms with E-state index < -0.39 is 6.10 Å². The number of thiophene rings is 1. The van der Waals surface area contributed by atoms with Gasteiger partial charge in [-0.05, 0) is 17.5 Å². The lowest BCUT2D eigenvalue weighted by Gasteiger charge is -2.27. The van der Waals surface area contributed by atoms with Crippen LogP contribution in [0.25, 0.3) is 10.1 Å². The van der Waals surface area contributed by atoms with Gasteiger partial charge in [-0.2, -0.15) is 11.8 Å². The molecule has 112 valence electrons. The van der Waals surface area contributed by atoms with Crippen LogP contribution in [-0.4, -0.2) is 47.1 Å². The topological polar surface area (TPSA) is 61.9 Å². The first-order valence-electron chi connectivity index (χ1n) is 7.03. The highest BCUT2D eigenvalue weighted by molar-refractivity contribution is 7.99. The highest BCUT2D eigenvalue weighted by atomic mass is 32.2. The molecule has 0 amide bonds. The zero-order valence-electron chi connectivity index (χ0n) is 11.7. The number of nitrogens with two attached hydrogens (primary N) is 1. The molecule has 0 radical (unpaired) electrons. The Balaban J connectivity index is 1.66. The van der Waals surface area contributed by atoms with Crippen molar-refractivity contribution < 1.29 is 5.11 Å². The third-order valence-electron chi connectivity index (χ3n) is 3.53. The van der Waals surface area contributed by atoms with Gasteiger partial charge >= 0.3 is 0 Å². The average Bonchev–Trinajstić information content (AvgIpc) is 2.97. The number of nitrogens with zero attached hydrogens (tertiary/aromatic N) is 2. The first kappa shape index (κ1) is 14.7. The quantitative estimate of drug-likeness (QED) is 0.673. The Bertz CT molecular complexity index is 602. The number of guanidine groups is 1. The number of hydrogen-bond acceptors (Lipinski definition) is 4. The number of thioether (sulfide) groups is 1. The molecule has 21 heavy (non-hydrogen) atoms. The van der Waals surface area contributed by atoms with Crippen molar-refractivity contribution in [1.29, 1.82) is 0 Å². The number of aliphatic hydroxyl groups excluding tert-OH is 1. The van der Waals surface area contributed by atoms with E-state index in [0.717, 1.165) is 29.5 Å². The molecule has 1 saturated heterocycles. The molecule has 6 heteroatoms. The molecule has 2 aromatic rings. The third-order valence-corrected chi connectivity index (χ3v) is 5.69. The molecule has 1 unspecified atom stereocenters. The van der Waals surface area contributed by atoms with Crippen LogP contribution in [0.15, 0.2) is 35.3 Å². The van der Waals surface area contributed by atoms with Crippen molar-refractivity contribution >= 4 is 39.1 Å². The Labute approximate surface area is 132 Å². The van der Waals surface area contributed by atoms with E-state index in [0.29, 0.717) is 12.5 Å². The lowest BCUT2D eigenvalue weighted by molar-refractivity contribution is 0.190. The fraction of sp³-hybridized carbons (Fsp3) is 0.400. The van der Waals surface area contributed by atoms with Gasteiger partial charge in [0, 0.05) is 34.2 Å². The Kier molecular flexibility index (Phi) is 4.67. The summed E-state index contributed by atoms with van der Waals surface area (Å²) in [5, 5.41) is 11.5. The fourth-order valence-corrected chi connectivity index (χ4v) is 4.27. The van der Waals surface area contributed by atoms with Gasteiger partial charge in [0.1, 0.15) is 6.10 Å². The van der Waals surface area contributed by atoms with Crippen molar-refractivity contribution in [3.05, 3.63) is 35.2 Å². The van der Waals surface area contributed by atoms with E-state index in [1.165, 1.54) is 10.1 Å². The van der Waals surface area contributed by atoms with Crippen molar-refractivity contribution in [1.82, 2.24) is 4.90 Å². The summed E-state index contributed by atoms with van der Waals surface area (Å²) in [4.78, 5) is 7.40. The molecule has 1 aliphatic rings. The van der Waals surface area contributed by atoms with Gasteiger partial charge in [-0.15, -0.1) is 11.3 Å². The maximum absolute atomic E-state index is 10.3. The Hall–Kier alpha value is -1.24. The standard InChI is InChI=1S/C15H19N3OS2/c16-15(18-5-7-20-8-6-18)17-10-12(19)14-9-11-3-1-2-4-13(11)21-14/h1-4,9,12,19H,5-8,10H2,(H2,16,17). The molecule has 1 atom stereocenters. The van der Waals surface area contributed by atoms with Gasteiger partial charge in [0.15, 0.2) is 5.96 Å². The molecule has 1 aliphatic heterocycles. The Morgan fingerprint density at radius 1 is 1.33 bits per heavy atom. The van der Waals surface area contributed by atoms with Crippen LogP contribution in [0.5, 0.6) is 0 Å². The third kappa shape index (κ3) is 3.51. The number of hydrogen-bond donors (Lipinski definition) is 2. The van der Waals surface area contributed by atoms with Crippen LogP contribution in [0.1, 0.15) is 11.0 Å². The van der Waals surface area contributed by atoms with E-state index in [9.17, 15) is 5.11 Å². The van der Waals surface area contributed by atoms with Crippen LogP contribution in [0.3, 0.4) is 0 Å². The number of rotatable bonds is 3. The molecule has 1 aromatic heterocycles. The number of fused-ring (bicyclic) bond motifs is 1. The number of aliphatic imine (C=N–C) groups is 1. The first-order valence-corrected chi connectivity index (χ1v) is 9.00. The van der Waals surface area contributed by atoms with Crippen molar-refractivity contribution in [3.8, 4) is 0 Å². The van der Waals surface area contributed by atoms with E-state index in [2.05, 4.69) is 22.0 Å². The minimum atomic E-state index is -0.583. The number of benzene rings is 1. The predicted octanol–water partition coefficient (Wildman–Crippen LogP) is 2.30. The van der Waals surface area contributed by atoms with Gasteiger partial charge in [-0.1, -0.05) is 18.2 Å². The van der Waals surface area contributed by atoms with Gasteiger partial charge in [0.05, 0.1) is 6.54 Å². The molecular weight excluding hydrogens is 302 g/mol. The van der Waals surface area contributed by atoms with Crippen molar-refractivity contribution in [2.45, 2.75) is 6.10 Å². The second-order valence-electron chi connectivity index (χ2n) is 5.00. The van der Waals surface area contributed by atoms with Crippen LogP contribution in [0.4, 0.5) is 0 Å². The Morgan fingerprint density at radius 2 is 2.10 bits per heavy atom. The highest BCUT2D eigenvalue weighted by Crippen LogP contribution is 2.29. The molecule has 3 rings (SSSR count). The van der Waals surface area contributed by atoms with Crippen LogP contribution >= 0.6 is 23.1 Å². The number of aliphatic hydroxyl groups is 1. The van der Waals surface area contributed by atoms with Crippen LogP contribution in [0.2, 0.25) is 0 Å². The highest BCUT2D eigenvalue weighted by Gasteiger charge is 2.14. The molecule has 2 heterocycles. The van der Waals surface area contributed by atoms with Crippen LogP contribution < -0.4 is 5.73 Å². The van der Waals surface area contributed by atoms with E-state index in [4.69, 9.17) is 5.73 Å². The molecule has 3 N–H and O–H groups in total. The molecule has 0 saturated carbocycles. The van der Waals surface area contributed by atoms with Gasteiger partial charge < -0.3 is 15.7 Å². The zero-order chi connectivity index (χ0) is 14.7. The van der Waals surface area contributed by atoms with Crippen LogP contribution in [0, 0.1) is 0 Å². The Morgan fingerprint density at radius 3 is 2.86 bits per heavy atom. The van der Waals surface area contributed by atoms with Crippen LogP contribution in [-0.2, 0) is 0 Å². The monoisotopic (exact) mass is 321 g/mol. The molecule has 0 bridgehead atoms. The lowest BCUT2D eigenvalue weighted by Crippen LogP contribution is -2.42. The van der Waals surface area contributed by atoms with E-state index in [1.54, 1.807) is 11.3 Å². The minimum Gasteiger partial charge on any atom is -0.386 e. The summed E-state index contributed by atoms with van der Waals surface area (Å²) in [6, 6.07) is 10.2.